The van der Waals surface area contributed by atoms with Crippen LogP contribution in [0.3, 0.4) is 0 Å². The fourth-order valence-electron chi connectivity index (χ4n) is 3.82. The van der Waals surface area contributed by atoms with Crippen molar-refractivity contribution in [3.05, 3.63) is 22.4 Å². The summed E-state index contributed by atoms with van der Waals surface area (Å²) < 4.78 is 0. The normalized spacial score (nSPS) is 31.2. The van der Waals surface area contributed by atoms with Gasteiger partial charge in [-0.05, 0) is 56.0 Å². The van der Waals surface area contributed by atoms with Gasteiger partial charge in [0.2, 0.25) is 0 Å². The van der Waals surface area contributed by atoms with Crippen LogP contribution in [0.2, 0.25) is 0 Å². The topological polar surface area (TPSA) is 59.9 Å². The average molecular weight is 383 g/mol. The molecule has 2 saturated heterocycles. The van der Waals surface area contributed by atoms with Crippen LogP contribution in [0.1, 0.15) is 30.2 Å². The number of thiophene rings is 1. The third-order valence-electron chi connectivity index (χ3n) is 5.26. The van der Waals surface area contributed by atoms with Gasteiger partial charge in [0.25, 0.3) is 0 Å². The van der Waals surface area contributed by atoms with Crippen molar-refractivity contribution in [1.29, 1.82) is 0 Å². The van der Waals surface area contributed by atoms with E-state index in [1.165, 1.54) is 17.7 Å². The smallest absolute Gasteiger partial charge is 0.191 e. The van der Waals surface area contributed by atoms with E-state index in [0.717, 1.165) is 37.0 Å². The quantitative estimate of drug-likeness (QED) is 0.538. The van der Waals surface area contributed by atoms with Crippen molar-refractivity contribution in [1.82, 2.24) is 15.5 Å². The molecule has 3 unspecified atom stereocenters. The van der Waals surface area contributed by atoms with Crippen LogP contribution < -0.4 is 10.6 Å². The molecule has 1 aromatic rings. The summed E-state index contributed by atoms with van der Waals surface area (Å²) in [6, 6.07) is 4.88. The number of hydrogen-bond donors (Lipinski definition) is 3. The Labute approximate surface area is 159 Å². The molecule has 3 rings (SSSR count). The van der Waals surface area contributed by atoms with Crippen molar-refractivity contribution < 1.29 is 5.11 Å². The lowest BCUT2D eigenvalue weighted by Crippen LogP contribution is -2.49. The molecular weight excluding hydrogens is 352 g/mol. The molecule has 3 atom stereocenters. The first kappa shape index (κ1) is 19.0. The molecule has 3 heterocycles. The molecule has 25 heavy (non-hydrogen) atoms. The summed E-state index contributed by atoms with van der Waals surface area (Å²) in [6.07, 6.45) is 3.33. The Morgan fingerprint density at radius 2 is 2.36 bits per heavy atom. The second-order valence-electron chi connectivity index (χ2n) is 7.18. The maximum atomic E-state index is 10.5. The molecule has 2 aliphatic rings. The van der Waals surface area contributed by atoms with Gasteiger partial charge in [-0.15, -0.1) is 11.3 Å². The van der Waals surface area contributed by atoms with Crippen molar-refractivity contribution in [3.63, 3.8) is 0 Å². The zero-order valence-corrected chi connectivity index (χ0v) is 16.8. The minimum atomic E-state index is -0.590. The van der Waals surface area contributed by atoms with Gasteiger partial charge in [-0.1, -0.05) is 6.07 Å². The maximum absolute atomic E-state index is 10.5. The summed E-state index contributed by atoms with van der Waals surface area (Å²) in [5.74, 6) is 3.22. The molecule has 5 nitrogen and oxygen atoms in total. The standard InChI is InChI=1S/C18H30N4OS2/c1-19-17(21-12-18(23)7-10-24-13-18)20-11-14-5-3-8-22(2)16(14)15-6-4-9-25-15/h4,6,9,14,16,23H,3,5,7-8,10-13H2,1-2H3,(H2,19,20,21). The van der Waals surface area contributed by atoms with Crippen molar-refractivity contribution in [3.8, 4) is 0 Å². The van der Waals surface area contributed by atoms with Crippen molar-refractivity contribution in [2.45, 2.75) is 30.9 Å². The van der Waals surface area contributed by atoms with Gasteiger partial charge < -0.3 is 15.7 Å². The Bertz CT molecular complexity index is 557. The minimum absolute atomic E-state index is 0.481. The maximum Gasteiger partial charge on any atom is 0.191 e. The SMILES string of the molecule is CN=C(NCC1CCCN(C)C1c1cccs1)NCC1(O)CCSC1. The third kappa shape index (κ3) is 4.90. The molecule has 2 fully saturated rings. The summed E-state index contributed by atoms with van der Waals surface area (Å²) in [5.41, 5.74) is -0.590. The molecule has 0 aliphatic carbocycles. The zero-order chi connectivity index (χ0) is 17.7. The molecule has 2 aliphatic heterocycles. The van der Waals surface area contributed by atoms with Crippen LogP contribution in [-0.2, 0) is 0 Å². The second-order valence-corrected chi connectivity index (χ2v) is 9.26. The fourth-order valence-corrected chi connectivity index (χ4v) is 6.09. The molecule has 0 aromatic carbocycles. The molecule has 3 N–H and O–H groups in total. The van der Waals surface area contributed by atoms with E-state index in [2.05, 4.69) is 45.1 Å². The van der Waals surface area contributed by atoms with Crippen LogP contribution in [0.5, 0.6) is 0 Å². The number of rotatable bonds is 5. The van der Waals surface area contributed by atoms with E-state index in [1.54, 1.807) is 7.05 Å². The van der Waals surface area contributed by atoms with Crippen molar-refractivity contribution in [2.75, 3.05) is 45.2 Å². The number of aliphatic hydroxyl groups is 1. The van der Waals surface area contributed by atoms with Gasteiger partial charge >= 0.3 is 0 Å². The number of nitrogens with zero attached hydrogens (tertiary/aromatic N) is 2. The lowest BCUT2D eigenvalue weighted by atomic mass is 9.88. The van der Waals surface area contributed by atoms with Gasteiger partial charge in [-0.2, -0.15) is 11.8 Å². The van der Waals surface area contributed by atoms with Gasteiger partial charge in [0, 0.05) is 36.8 Å². The molecule has 1 aromatic heterocycles. The van der Waals surface area contributed by atoms with E-state index in [0.29, 0.717) is 18.5 Å². The summed E-state index contributed by atoms with van der Waals surface area (Å²) in [6.45, 7) is 2.63. The van der Waals surface area contributed by atoms with Crippen LogP contribution in [-0.4, -0.2) is 66.8 Å². The van der Waals surface area contributed by atoms with Crippen molar-refractivity contribution >= 4 is 29.1 Å². The van der Waals surface area contributed by atoms with E-state index in [1.807, 2.05) is 23.1 Å². The van der Waals surface area contributed by atoms with Gasteiger partial charge in [0.05, 0.1) is 5.60 Å². The number of guanidine groups is 1. The van der Waals surface area contributed by atoms with E-state index in [-0.39, 0.29) is 0 Å². The molecule has 0 saturated carbocycles. The first-order chi connectivity index (χ1) is 12.1. The van der Waals surface area contributed by atoms with Crippen LogP contribution in [0.15, 0.2) is 22.5 Å². The number of aliphatic imine (C=N–C) groups is 1. The Morgan fingerprint density at radius 1 is 1.48 bits per heavy atom. The van der Waals surface area contributed by atoms with Crippen LogP contribution in [0.25, 0.3) is 0 Å². The first-order valence-electron chi connectivity index (χ1n) is 9.09. The zero-order valence-electron chi connectivity index (χ0n) is 15.2. The lowest BCUT2D eigenvalue weighted by molar-refractivity contribution is 0.0723. The summed E-state index contributed by atoms with van der Waals surface area (Å²) in [4.78, 5) is 8.27. The molecule has 140 valence electrons. The Morgan fingerprint density at radius 3 is 3.04 bits per heavy atom. The van der Waals surface area contributed by atoms with Crippen LogP contribution >= 0.6 is 23.1 Å². The van der Waals surface area contributed by atoms with E-state index in [9.17, 15) is 5.11 Å². The van der Waals surface area contributed by atoms with Gasteiger partial charge in [0.1, 0.15) is 0 Å². The van der Waals surface area contributed by atoms with Gasteiger partial charge in [-0.25, -0.2) is 0 Å². The molecule has 7 heteroatoms. The predicted octanol–water partition coefficient (Wildman–Crippen LogP) is 2.16. The number of likely N-dealkylation sites (tertiary alicyclic amines) is 1. The fraction of sp³-hybridized carbons (Fsp3) is 0.722. The van der Waals surface area contributed by atoms with E-state index in [4.69, 9.17) is 0 Å². The Kier molecular flexibility index (Phi) is 6.66. The highest BCUT2D eigenvalue weighted by atomic mass is 32.2. The lowest BCUT2D eigenvalue weighted by Gasteiger charge is -2.39. The first-order valence-corrected chi connectivity index (χ1v) is 11.1. The third-order valence-corrected chi connectivity index (χ3v) is 7.44. The molecule has 0 amide bonds. The second kappa shape index (κ2) is 8.75. The highest BCUT2D eigenvalue weighted by molar-refractivity contribution is 7.99. The number of hydrogen-bond acceptors (Lipinski definition) is 5. The van der Waals surface area contributed by atoms with E-state index >= 15 is 0 Å². The minimum Gasteiger partial charge on any atom is -0.387 e. The summed E-state index contributed by atoms with van der Waals surface area (Å²) in [7, 11) is 4.03. The Balaban J connectivity index is 1.54. The van der Waals surface area contributed by atoms with E-state index < -0.39 is 5.60 Å². The predicted molar refractivity (Wildman–Crippen MR) is 109 cm³/mol. The monoisotopic (exact) mass is 382 g/mol. The highest BCUT2D eigenvalue weighted by Gasteiger charge is 2.33. The number of thioether (sulfide) groups is 1. The molecule has 0 spiro atoms. The van der Waals surface area contributed by atoms with Crippen molar-refractivity contribution in [2.24, 2.45) is 10.9 Å². The summed E-state index contributed by atoms with van der Waals surface area (Å²) >= 11 is 3.67. The molecule has 0 radical (unpaired) electrons. The van der Waals surface area contributed by atoms with Gasteiger partial charge in [-0.3, -0.25) is 9.89 Å². The Hall–Kier alpha value is -0.760. The number of nitrogens with one attached hydrogen (secondary N) is 2. The summed E-state index contributed by atoms with van der Waals surface area (Å²) in [5, 5.41) is 19.5. The van der Waals surface area contributed by atoms with Crippen LogP contribution in [0.4, 0.5) is 0 Å². The van der Waals surface area contributed by atoms with Crippen LogP contribution in [0, 0.1) is 5.92 Å². The average Bonchev–Trinajstić information content (AvgIpc) is 3.27. The number of piperidine rings is 1. The van der Waals surface area contributed by atoms with Gasteiger partial charge in [0.15, 0.2) is 5.96 Å². The highest BCUT2D eigenvalue weighted by Crippen LogP contribution is 2.36. The molecule has 0 bridgehead atoms. The largest absolute Gasteiger partial charge is 0.387 e. The molecular formula is C18H30N4OS2.